The molecule has 0 saturated heterocycles. The SMILES string of the molecule is COC(=O)c1ccccc1N(C(=O)C(=O)Cl)c1ccccc1. The monoisotopic (exact) mass is 317 g/mol. The molecular formula is C16H12ClNO4. The van der Waals surface area contributed by atoms with E-state index in [1.165, 1.54) is 19.2 Å². The Hall–Kier alpha value is -2.66. The molecule has 2 rings (SSSR count). The van der Waals surface area contributed by atoms with E-state index in [4.69, 9.17) is 16.3 Å². The zero-order valence-electron chi connectivity index (χ0n) is 11.7. The van der Waals surface area contributed by atoms with Crippen LogP contribution in [0.25, 0.3) is 0 Å². The van der Waals surface area contributed by atoms with Gasteiger partial charge in [0.1, 0.15) is 0 Å². The molecule has 6 heteroatoms. The molecule has 0 unspecified atom stereocenters. The Morgan fingerprint density at radius 3 is 2.14 bits per heavy atom. The van der Waals surface area contributed by atoms with Gasteiger partial charge in [-0.2, -0.15) is 0 Å². The molecule has 0 atom stereocenters. The van der Waals surface area contributed by atoms with Crippen molar-refractivity contribution >= 4 is 40.1 Å². The van der Waals surface area contributed by atoms with Gasteiger partial charge < -0.3 is 4.74 Å². The molecule has 0 heterocycles. The standard InChI is InChI=1S/C16H12ClNO4/c1-22-16(21)12-9-5-6-10-13(12)18(15(20)14(17)19)11-7-3-2-4-8-11/h2-10H,1H3. The van der Waals surface area contributed by atoms with Crippen LogP contribution in [-0.2, 0) is 14.3 Å². The molecule has 0 fully saturated rings. The van der Waals surface area contributed by atoms with Gasteiger partial charge in [-0.3, -0.25) is 14.5 Å². The Bertz CT molecular complexity index is 715. The number of anilines is 2. The van der Waals surface area contributed by atoms with Crippen molar-refractivity contribution in [3.05, 3.63) is 60.2 Å². The number of halogens is 1. The molecule has 5 nitrogen and oxygen atoms in total. The van der Waals surface area contributed by atoms with Crippen molar-refractivity contribution in [3.63, 3.8) is 0 Å². The number of carbonyl (C=O) groups is 3. The van der Waals surface area contributed by atoms with Crippen molar-refractivity contribution in [3.8, 4) is 0 Å². The largest absolute Gasteiger partial charge is 0.465 e. The Morgan fingerprint density at radius 2 is 1.55 bits per heavy atom. The molecule has 0 aliphatic heterocycles. The topological polar surface area (TPSA) is 63.7 Å². The normalized spacial score (nSPS) is 9.91. The number of ether oxygens (including phenoxy) is 1. The van der Waals surface area contributed by atoms with Gasteiger partial charge in [-0.15, -0.1) is 0 Å². The minimum absolute atomic E-state index is 0.153. The van der Waals surface area contributed by atoms with Gasteiger partial charge in [0, 0.05) is 5.69 Å². The summed E-state index contributed by atoms with van der Waals surface area (Å²) in [6, 6.07) is 14.7. The van der Waals surface area contributed by atoms with Crippen LogP contribution in [-0.4, -0.2) is 24.2 Å². The summed E-state index contributed by atoms with van der Waals surface area (Å²) in [6.45, 7) is 0. The van der Waals surface area contributed by atoms with E-state index < -0.39 is 17.1 Å². The second-order valence-corrected chi connectivity index (χ2v) is 4.60. The Balaban J connectivity index is 2.63. The summed E-state index contributed by atoms with van der Waals surface area (Å²) in [6.07, 6.45) is 0. The van der Waals surface area contributed by atoms with Crippen LogP contribution >= 0.6 is 11.6 Å². The highest BCUT2D eigenvalue weighted by Gasteiger charge is 2.27. The zero-order chi connectivity index (χ0) is 16.1. The van der Waals surface area contributed by atoms with Crippen LogP contribution in [0.1, 0.15) is 10.4 Å². The fourth-order valence-electron chi connectivity index (χ4n) is 1.98. The molecular weight excluding hydrogens is 306 g/mol. The van der Waals surface area contributed by atoms with Crippen LogP contribution < -0.4 is 4.90 Å². The maximum absolute atomic E-state index is 12.2. The van der Waals surface area contributed by atoms with Gasteiger partial charge in [0.25, 0.3) is 0 Å². The second-order valence-electron chi connectivity index (χ2n) is 4.26. The summed E-state index contributed by atoms with van der Waals surface area (Å²) >= 11 is 5.34. The summed E-state index contributed by atoms with van der Waals surface area (Å²) in [7, 11) is 1.24. The fourth-order valence-corrected chi connectivity index (χ4v) is 2.07. The molecule has 0 aliphatic carbocycles. The van der Waals surface area contributed by atoms with Gasteiger partial charge in [-0.25, -0.2) is 4.79 Å². The van der Waals surface area contributed by atoms with Gasteiger partial charge in [0.2, 0.25) is 0 Å². The molecule has 112 valence electrons. The highest BCUT2D eigenvalue weighted by Crippen LogP contribution is 2.29. The van der Waals surface area contributed by atoms with Crippen LogP contribution in [0.15, 0.2) is 54.6 Å². The highest BCUT2D eigenvalue weighted by atomic mass is 35.5. The van der Waals surface area contributed by atoms with E-state index in [9.17, 15) is 14.4 Å². The van der Waals surface area contributed by atoms with Crippen LogP contribution in [0.4, 0.5) is 11.4 Å². The van der Waals surface area contributed by atoms with E-state index in [1.807, 2.05) is 0 Å². The van der Waals surface area contributed by atoms with Crippen molar-refractivity contribution in [2.24, 2.45) is 0 Å². The molecule has 1 amide bonds. The second kappa shape index (κ2) is 6.87. The summed E-state index contributed by atoms with van der Waals surface area (Å²) in [4.78, 5) is 36.5. The zero-order valence-corrected chi connectivity index (χ0v) is 12.4. The first-order chi connectivity index (χ1) is 10.6. The molecule has 0 aromatic heterocycles. The lowest BCUT2D eigenvalue weighted by molar-refractivity contribution is -0.131. The van der Waals surface area contributed by atoms with Crippen molar-refractivity contribution in [2.45, 2.75) is 0 Å². The van der Waals surface area contributed by atoms with Crippen molar-refractivity contribution in [2.75, 3.05) is 12.0 Å². The lowest BCUT2D eigenvalue weighted by Gasteiger charge is -2.23. The maximum Gasteiger partial charge on any atom is 0.339 e. The summed E-state index contributed by atoms with van der Waals surface area (Å²) in [5.41, 5.74) is 0.789. The smallest absolute Gasteiger partial charge is 0.339 e. The Labute approximate surface area is 132 Å². The van der Waals surface area contributed by atoms with E-state index >= 15 is 0 Å². The lowest BCUT2D eigenvalue weighted by atomic mass is 10.1. The third-order valence-corrected chi connectivity index (χ3v) is 3.10. The van der Waals surface area contributed by atoms with E-state index in [0.717, 1.165) is 4.90 Å². The third kappa shape index (κ3) is 3.15. The number of rotatable bonds is 4. The first-order valence-corrected chi connectivity index (χ1v) is 6.70. The van der Waals surface area contributed by atoms with Crippen LogP contribution in [0.3, 0.4) is 0 Å². The molecule has 2 aromatic rings. The number of benzene rings is 2. The predicted octanol–water partition coefficient (Wildman–Crippen LogP) is 2.90. The number of amides is 1. The summed E-state index contributed by atoms with van der Waals surface area (Å²) < 4.78 is 4.71. The van der Waals surface area contributed by atoms with E-state index in [-0.39, 0.29) is 11.3 Å². The van der Waals surface area contributed by atoms with Gasteiger partial charge in [-0.05, 0) is 35.9 Å². The van der Waals surface area contributed by atoms with E-state index in [1.54, 1.807) is 42.5 Å². The van der Waals surface area contributed by atoms with Crippen molar-refractivity contribution < 1.29 is 19.1 Å². The lowest BCUT2D eigenvalue weighted by Crippen LogP contribution is -2.31. The number of methoxy groups -OCH3 is 1. The van der Waals surface area contributed by atoms with Crippen molar-refractivity contribution in [1.29, 1.82) is 0 Å². The number of carbonyl (C=O) groups excluding carboxylic acids is 3. The maximum atomic E-state index is 12.2. The minimum atomic E-state index is -1.15. The van der Waals surface area contributed by atoms with E-state index in [2.05, 4.69) is 0 Å². The van der Waals surface area contributed by atoms with Crippen LogP contribution in [0, 0.1) is 0 Å². The first kappa shape index (κ1) is 15.7. The number of esters is 1. The Kier molecular flexibility index (Phi) is 4.91. The highest BCUT2D eigenvalue weighted by molar-refractivity contribution is 6.82. The molecule has 2 aromatic carbocycles. The quantitative estimate of drug-likeness (QED) is 0.494. The molecule has 0 radical (unpaired) electrons. The van der Waals surface area contributed by atoms with Crippen LogP contribution in [0.5, 0.6) is 0 Å². The number of hydrogen-bond acceptors (Lipinski definition) is 4. The van der Waals surface area contributed by atoms with Gasteiger partial charge in [-0.1, -0.05) is 30.3 Å². The van der Waals surface area contributed by atoms with Gasteiger partial charge >= 0.3 is 17.1 Å². The number of para-hydroxylation sites is 2. The molecule has 0 bridgehead atoms. The molecule has 22 heavy (non-hydrogen) atoms. The van der Waals surface area contributed by atoms with Crippen molar-refractivity contribution in [1.82, 2.24) is 0 Å². The average Bonchev–Trinajstić information content (AvgIpc) is 2.55. The molecule has 0 N–H and O–H groups in total. The Morgan fingerprint density at radius 1 is 0.955 bits per heavy atom. The average molecular weight is 318 g/mol. The summed E-state index contributed by atoms with van der Waals surface area (Å²) in [5.74, 6) is -1.57. The molecule has 0 aliphatic rings. The van der Waals surface area contributed by atoms with Gasteiger partial charge in [0.05, 0.1) is 18.4 Å². The predicted molar refractivity (Wildman–Crippen MR) is 82.2 cm³/mol. The number of hydrogen-bond donors (Lipinski definition) is 0. The van der Waals surface area contributed by atoms with E-state index in [0.29, 0.717) is 5.69 Å². The third-order valence-electron chi connectivity index (χ3n) is 2.94. The minimum Gasteiger partial charge on any atom is -0.465 e. The summed E-state index contributed by atoms with van der Waals surface area (Å²) in [5, 5.41) is -1.15. The number of nitrogens with zero attached hydrogens (tertiary/aromatic N) is 1. The fraction of sp³-hybridized carbons (Fsp3) is 0.0625. The van der Waals surface area contributed by atoms with Crippen LogP contribution in [0.2, 0.25) is 0 Å². The first-order valence-electron chi connectivity index (χ1n) is 6.32. The molecule has 0 saturated carbocycles. The van der Waals surface area contributed by atoms with Gasteiger partial charge in [0.15, 0.2) is 0 Å². The molecule has 0 spiro atoms.